The Bertz CT molecular complexity index is 247. The molecule has 2 unspecified atom stereocenters. The second-order valence-corrected chi connectivity index (χ2v) is 5.83. The number of amides is 1. The Morgan fingerprint density at radius 2 is 2.12 bits per heavy atom. The second kappa shape index (κ2) is 6.39. The van der Waals surface area contributed by atoms with Crippen molar-refractivity contribution in [2.45, 2.75) is 45.4 Å². The number of carbonyl (C=O) groups is 1. The third-order valence-corrected chi connectivity index (χ3v) is 4.20. The summed E-state index contributed by atoms with van der Waals surface area (Å²) in [6.45, 7) is 6.21. The van der Waals surface area contributed by atoms with Crippen molar-refractivity contribution < 1.29 is 4.79 Å². The standard InChI is InChI=1S/C14H26N2O/c1-12-4-2-5-13(10-12)11-14(17)16-8-3-6-15-7-9-16/h12-13,15H,2-11H2,1H3. The van der Waals surface area contributed by atoms with Crippen LogP contribution in [0.2, 0.25) is 0 Å². The lowest BCUT2D eigenvalue weighted by Crippen LogP contribution is -2.35. The third-order valence-electron chi connectivity index (χ3n) is 4.20. The Kier molecular flexibility index (Phi) is 4.84. The molecule has 1 saturated heterocycles. The van der Waals surface area contributed by atoms with Gasteiger partial charge in [0, 0.05) is 26.1 Å². The lowest BCUT2D eigenvalue weighted by atomic mass is 9.80. The minimum absolute atomic E-state index is 0.396. The van der Waals surface area contributed by atoms with Crippen LogP contribution >= 0.6 is 0 Å². The predicted molar refractivity (Wildman–Crippen MR) is 69.8 cm³/mol. The van der Waals surface area contributed by atoms with Crippen molar-refractivity contribution >= 4 is 5.91 Å². The van der Waals surface area contributed by atoms with Gasteiger partial charge in [0.25, 0.3) is 0 Å². The van der Waals surface area contributed by atoms with Crippen LogP contribution in [0.1, 0.15) is 45.4 Å². The smallest absolute Gasteiger partial charge is 0.222 e. The normalized spacial score (nSPS) is 31.0. The first-order valence-corrected chi connectivity index (χ1v) is 7.24. The Labute approximate surface area is 105 Å². The van der Waals surface area contributed by atoms with Crippen molar-refractivity contribution in [2.24, 2.45) is 11.8 Å². The number of nitrogens with zero attached hydrogens (tertiary/aromatic N) is 1. The van der Waals surface area contributed by atoms with Crippen LogP contribution in [0.15, 0.2) is 0 Å². The predicted octanol–water partition coefficient (Wildman–Crippen LogP) is 2.02. The van der Waals surface area contributed by atoms with Gasteiger partial charge in [0.2, 0.25) is 5.91 Å². The summed E-state index contributed by atoms with van der Waals surface area (Å²) in [4.78, 5) is 14.3. The average Bonchev–Trinajstić information content (AvgIpc) is 2.57. The average molecular weight is 238 g/mol. The van der Waals surface area contributed by atoms with Crippen molar-refractivity contribution in [3.05, 3.63) is 0 Å². The fourth-order valence-electron chi connectivity index (χ4n) is 3.22. The largest absolute Gasteiger partial charge is 0.341 e. The van der Waals surface area contributed by atoms with E-state index in [1.807, 2.05) is 0 Å². The molecule has 98 valence electrons. The molecule has 2 atom stereocenters. The molecule has 1 aliphatic carbocycles. The van der Waals surface area contributed by atoms with E-state index >= 15 is 0 Å². The molecule has 1 aliphatic heterocycles. The maximum atomic E-state index is 12.2. The van der Waals surface area contributed by atoms with Gasteiger partial charge in [-0.05, 0) is 37.6 Å². The molecule has 1 N–H and O–H groups in total. The molecule has 17 heavy (non-hydrogen) atoms. The summed E-state index contributed by atoms with van der Waals surface area (Å²) in [5, 5.41) is 3.35. The Morgan fingerprint density at radius 3 is 2.94 bits per heavy atom. The number of hydrogen-bond acceptors (Lipinski definition) is 2. The zero-order valence-corrected chi connectivity index (χ0v) is 11.1. The first-order valence-electron chi connectivity index (χ1n) is 7.24. The number of carbonyl (C=O) groups excluding carboxylic acids is 1. The zero-order valence-electron chi connectivity index (χ0n) is 11.1. The lowest BCUT2D eigenvalue weighted by Gasteiger charge is -2.28. The molecular weight excluding hydrogens is 212 g/mol. The molecule has 3 heteroatoms. The summed E-state index contributed by atoms with van der Waals surface area (Å²) in [6.07, 6.45) is 7.11. The van der Waals surface area contributed by atoms with Gasteiger partial charge in [0.1, 0.15) is 0 Å². The van der Waals surface area contributed by atoms with E-state index in [0.29, 0.717) is 11.8 Å². The Morgan fingerprint density at radius 1 is 1.24 bits per heavy atom. The summed E-state index contributed by atoms with van der Waals surface area (Å²) in [5.74, 6) is 1.88. The molecule has 3 nitrogen and oxygen atoms in total. The van der Waals surface area contributed by atoms with Crippen molar-refractivity contribution in [3.63, 3.8) is 0 Å². The topological polar surface area (TPSA) is 32.3 Å². The summed E-state index contributed by atoms with van der Waals surface area (Å²) < 4.78 is 0. The monoisotopic (exact) mass is 238 g/mol. The van der Waals surface area contributed by atoms with Crippen LogP contribution in [0.4, 0.5) is 0 Å². The van der Waals surface area contributed by atoms with Gasteiger partial charge in [0.15, 0.2) is 0 Å². The van der Waals surface area contributed by atoms with Crippen LogP contribution < -0.4 is 5.32 Å². The summed E-state index contributed by atoms with van der Waals surface area (Å²) in [7, 11) is 0. The molecule has 0 aromatic carbocycles. The van der Waals surface area contributed by atoms with Crippen LogP contribution in [0.3, 0.4) is 0 Å². The van der Waals surface area contributed by atoms with Crippen molar-refractivity contribution in [3.8, 4) is 0 Å². The van der Waals surface area contributed by atoms with Crippen molar-refractivity contribution in [1.29, 1.82) is 0 Å². The van der Waals surface area contributed by atoms with Crippen LogP contribution in [0, 0.1) is 11.8 Å². The van der Waals surface area contributed by atoms with Gasteiger partial charge in [-0.2, -0.15) is 0 Å². The van der Waals surface area contributed by atoms with E-state index < -0.39 is 0 Å². The molecule has 2 rings (SSSR count). The molecule has 0 aromatic rings. The molecule has 0 spiro atoms. The first-order chi connectivity index (χ1) is 8.25. The molecular formula is C14H26N2O. The highest BCUT2D eigenvalue weighted by Gasteiger charge is 2.24. The maximum absolute atomic E-state index is 12.2. The maximum Gasteiger partial charge on any atom is 0.222 e. The van der Waals surface area contributed by atoms with Crippen molar-refractivity contribution in [1.82, 2.24) is 10.2 Å². The number of hydrogen-bond donors (Lipinski definition) is 1. The fourth-order valence-corrected chi connectivity index (χ4v) is 3.22. The van der Waals surface area contributed by atoms with Crippen molar-refractivity contribution in [2.75, 3.05) is 26.2 Å². The van der Waals surface area contributed by atoms with Gasteiger partial charge in [-0.15, -0.1) is 0 Å². The van der Waals surface area contributed by atoms with Crippen LogP contribution in [-0.2, 0) is 4.79 Å². The Balaban J connectivity index is 1.78. The molecule has 0 aromatic heterocycles. The first kappa shape index (κ1) is 12.9. The van der Waals surface area contributed by atoms with E-state index in [1.165, 1.54) is 25.7 Å². The summed E-state index contributed by atoms with van der Waals surface area (Å²) >= 11 is 0. The van der Waals surface area contributed by atoms with Gasteiger partial charge in [0.05, 0.1) is 0 Å². The fraction of sp³-hybridized carbons (Fsp3) is 0.929. The minimum Gasteiger partial charge on any atom is -0.341 e. The van der Waals surface area contributed by atoms with Gasteiger partial charge in [-0.25, -0.2) is 0 Å². The molecule has 2 aliphatic rings. The molecule has 1 amide bonds. The van der Waals surface area contributed by atoms with Gasteiger partial charge in [-0.3, -0.25) is 4.79 Å². The van der Waals surface area contributed by atoms with E-state index in [0.717, 1.165) is 44.9 Å². The quantitative estimate of drug-likeness (QED) is 0.798. The molecule has 0 bridgehead atoms. The molecule has 2 fully saturated rings. The minimum atomic E-state index is 0.396. The van der Waals surface area contributed by atoms with Gasteiger partial charge in [-0.1, -0.05) is 19.8 Å². The van der Waals surface area contributed by atoms with Gasteiger partial charge >= 0.3 is 0 Å². The van der Waals surface area contributed by atoms with E-state index in [-0.39, 0.29) is 0 Å². The van der Waals surface area contributed by atoms with Crippen LogP contribution in [0.5, 0.6) is 0 Å². The van der Waals surface area contributed by atoms with Gasteiger partial charge < -0.3 is 10.2 Å². The summed E-state index contributed by atoms with van der Waals surface area (Å²) in [6, 6.07) is 0. The van der Waals surface area contributed by atoms with E-state index in [2.05, 4.69) is 17.1 Å². The summed E-state index contributed by atoms with van der Waals surface area (Å²) in [5.41, 5.74) is 0. The highest BCUT2D eigenvalue weighted by atomic mass is 16.2. The zero-order chi connectivity index (χ0) is 12.1. The number of nitrogens with one attached hydrogen (secondary N) is 1. The van der Waals surface area contributed by atoms with Crippen LogP contribution in [0.25, 0.3) is 0 Å². The highest BCUT2D eigenvalue weighted by molar-refractivity contribution is 5.76. The molecule has 1 saturated carbocycles. The third kappa shape index (κ3) is 3.98. The molecule has 0 radical (unpaired) electrons. The second-order valence-electron chi connectivity index (χ2n) is 5.83. The van der Waals surface area contributed by atoms with E-state index in [9.17, 15) is 4.79 Å². The SMILES string of the molecule is CC1CCCC(CC(=O)N2CCCNCC2)C1. The van der Waals surface area contributed by atoms with E-state index in [4.69, 9.17) is 0 Å². The lowest BCUT2D eigenvalue weighted by molar-refractivity contribution is -0.132. The highest BCUT2D eigenvalue weighted by Crippen LogP contribution is 2.31. The van der Waals surface area contributed by atoms with E-state index in [1.54, 1.807) is 0 Å². The molecule has 1 heterocycles. The number of rotatable bonds is 2. The Hall–Kier alpha value is -0.570. The van der Waals surface area contributed by atoms with Crippen LogP contribution in [-0.4, -0.2) is 37.0 Å².